The molecule has 0 amide bonds. The van der Waals surface area contributed by atoms with Crippen LogP contribution in [0.5, 0.6) is 5.75 Å². The van der Waals surface area contributed by atoms with Crippen molar-refractivity contribution in [2.75, 3.05) is 44.7 Å². The first-order valence-corrected chi connectivity index (χ1v) is 14.7. The average molecular weight is 566 g/mol. The predicted molar refractivity (Wildman–Crippen MR) is 152 cm³/mol. The number of rotatable bonds is 6. The number of hydrogen-bond acceptors (Lipinski definition) is 8. The van der Waals surface area contributed by atoms with Crippen LogP contribution in [-0.2, 0) is 6.54 Å². The molecule has 0 aliphatic carbocycles. The van der Waals surface area contributed by atoms with E-state index in [0.717, 1.165) is 51.0 Å². The summed E-state index contributed by atoms with van der Waals surface area (Å²) in [6.07, 6.45) is 5.21. The summed E-state index contributed by atoms with van der Waals surface area (Å²) < 4.78 is 6.48. The van der Waals surface area contributed by atoms with E-state index < -0.39 is 7.92 Å². The largest absolute Gasteiger partial charge is 0.495 e. The molecule has 3 heterocycles. The highest BCUT2D eigenvalue weighted by atomic mass is 79.9. The minimum absolute atomic E-state index is 0.431. The highest BCUT2D eigenvalue weighted by Gasteiger charge is 2.23. The third-order valence-corrected chi connectivity index (χ3v) is 8.25. The van der Waals surface area contributed by atoms with Crippen LogP contribution in [-0.4, -0.2) is 58.9 Å². The third kappa shape index (κ3) is 4.88. The van der Waals surface area contributed by atoms with Gasteiger partial charge in [0.05, 0.1) is 28.3 Å². The Hall–Kier alpha value is -2.87. The van der Waals surface area contributed by atoms with E-state index in [1.165, 1.54) is 11.1 Å². The summed E-state index contributed by atoms with van der Waals surface area (Å²) in [5.41, 5.74) is 6.24. The van der Waals surface area contributed by atoms with Crippen LogP contribution in [0.3, 0.4) is 0 Å². The molecule has 0 radical (unpaired) electrons. The second-order valence-electron chi connectivity index (χ2n) is 9.27. The fourth-order valence-corrected chi connectivity index (χ4v) is 6.26. The Balaban J connectivity index is 1.49. The standard InChI is InChI=1S/C26H29BrN7OP/c1-15-13-34(2)14-16-10-22(35-3)21(11-17(15)16)32-26-30-12-18(27)25(33-26)31-20-7-6-19-23(24(20)36(4)5)29-9-8-28-19/h6-12,15H,13-14H2,1-5H3,(H2,30,31,32,33)/t15-/m0/s1. The maximum Gasteiger partial charge on any atom is 0.229 e. The van der Waals surface area contributed by atoms with Gasteiger partial charge in [-0.25, -0.2) is 4.98 Å². The van der Waals surface area contributed by atoms with E-state index in [0.29, 0.717) is 17.7 Å². The fourth-order valence-electron chi connectivity index (χ4n) is 4.76. The van der Waals surface area contributed by atoms with Crippen molar-refractivity contribution in [3.05, 3.63) is 58.5 Å². The Morgan fingerprint density at radius 2 is 1.89 bits per heavy atom. The SMILES string of the molecule is COc1cc2c(cc1Nc1ncc(Br)c(Nc3ccc4nccnc4c3P(C)C)n1)[C@@H](C)CN(C)C2. The minimum Gasteiger partial charge on any atom is -0.495 e. The molecule has 1 aliphatic heterocycles. The molecule has 2 aromatic heterocycles. The summed E-state index contributed by atoms with van der Waals surface area (Å²) in [5, 5.41) is 8.05. The summed E-state index contributed by atoms with van der Waals surface area (Å²) in [6, 6.07) is 8.32. The van der Waals surface area contributed by atoms with Gasteiger partial charge in [-0.05, 0) is 77.6 Å². The van der Waals surface area contributed by atoms with Crippen LogP contribution in [0.4, 0.5) is 23.1 Å². The van der Waals surface area contributed by atoms with Crippen molar-refractivity contribution in [1.29, 1.82) is 0 Å². The van der Waals surface area contributed by atoms with Crippen molar-refractivity contribution in [3.8, 4) is 5.75 Å². The van der Waals surface area contributed by atoms with Gasteiger partial charge in [0.2, 0.25) is 5.95 Å². The zero-order valence-corrected chi connectivity index (χ0v) is 23.5. The Kier molecular flexibility index (Phi) is 7.06. The van der Waals surface area contributed by atoms with Crippen molar-refractivity contribution in [3.63, 3.8) is 0 Å². The average Bonchev–Trinajstić information content (AvgIpc) is 2.85. The van der Waals surface area contributed by atoms with E-state index in [4.69, 9.17) is 9.72 Å². The van der Waals surface area contributed by atoms with Crippen molar-refractivity contribution >= 4 is 63.3 Å². The summed E-state index contributed by atoms with van der Waals surface area (Å²) in [4.78, 5) is 20.7. The summed E-state index contributed by atoms with van der Waals surface area (Å²) in [7, 11) is 3.39. The van der Waals surface area contributed by atoms with Gasteiger partial charge in [0.15, 0.2) is 0 Å². The summed E-state index contributed by atoms with van der Waals surface area (Å²) in [6.45, 7) is 8.62. The smallest absolute Gasteiger partial charge is 0.229 e. The molecule has 1 atom stereocenters. The van der Waals surface area contributed by atoms with E-state index in [1.54, 1.807) is 25.7 Å². The van der Waals surface area contributed by atoms with Gasteiger partial charge in [-0.3, -0.25) is 9.97 Å². The number of halogens is 1. The molecule has 186 valence electrons. The minimum atomic E-state index is -0.448. The normalized spacial score (nSPS) is 15.7. The molecule has 5 rings (SSSR count). The zero-order chi connectivity index (χ0) is 25.4. The summed E-state index contributed by atoms with van der Waals surface area (Å²) >= 11 is 3.61. The molecule has 36 heavy (non-hydrogen) atoms. The lowest BCUT2D eigenvalue weighted by Crippen LogP contribution is -2.29. The van der Waals surface area contributed by atoms with Crippen LogP contribution < -0.4 is 20.7 Å². The van der Waals surface area contributed by atoms with Crippen LogP contribution >= 0.6 is 23.9 Å². The third-order valence-electron chi connectivity index (χ3n) is 6.32. The van der Waals surface area contributed by atoms with Crippen LogP contribution in [0, 0.1) is 0 Å². The number of hydrogen-bond donors (Lipinski definition) is 2. The second kappa shape index (κ2) is 10.2. The topological polar surface area (TPSA) is 88.1 Å². The lowest BCUT2D eigenvalue weighted by Gasteiger charge is -2.31. The van der Waals surface area contributed by atoms with E-state index in [9.17, 15) is 0 Å². The number of fused-ring (bicyclic) bond motifs is 2. The molecule has 8 nitrogen and oxygen atoms in total. The lowest BCUT2D eigenvalue weighted by atomic mass is 9.90. The first-order chi connectivity index (χ1) is 17.3. The number of benzene rings is 2. The maximum atomic E-state index is 5.71. The monoisotopic (exact) mass is 565 g/mol. The zero-order valence-electron chi connectivity index (χ0n) is 21.0. The van der Waals surface area contributed by atoms with Crippen molar-refractivity contribution in [2.24, 2.45) is 0 Å². The van der Waals surface area contributed by atoms with Crippen molar-refractivity contribution in [1.82, 2.24) is 24.8 Å². The number of nitrogens with zero attached hydrogens (tertiary/aromatic N) is 5. The quantitative estimate of drug-likeness (QED) is 0.292. The van der Waals surface area contributed by atoms with Gasteiger partial charge in [0.25, 0.3) is 0 Å². The molecule has 2 N–H and O–H groups in total. The number of anilines is 4. The molecular formula is C26H29BrN7OP. The first kappa shape index (κ1) is 24.8. The van der Waals surface area contributed by atoms with Crippen LogP contribution in [0.1, 0.15) is 24.0 Å². The predicted octanol–water partition coefficient (Wildman–Crippen LogP) is 5.59. The van der Waals surface area contributed by atoms with E-state index in [2.05, 4.69) is 85.8 Å². The number of aromatic nitrogens is 4. The van der Waals surface area contributed by atoms with Gasteiger partial charge >= 0.3 is 0 Å². The Morgan fingerprint density at radius 1 is 1.08 bits per heavy atom. The molecule has 0 bridgehead atoms. The Bertz CT molecular complexity index is 1430. The highest BCUT2D eigenvalue weighted by Crippen LogP contribution is 2.38. The molecule has 0 unspecified atom stereocenters. The van der Waals surface area contributed by atoms with Crippen LogP contribution in [0.25, 0.3) is 11.0 Å². The number of ether oxygens (including phenoxy) is 1. The molecule has 2 aromatic carbocycles. The van der Waals surface area contributed by atoms with E-state index in [-0.39, 0.29) is 0 Å². The molecule has 4 aromatic rings. The molecule has 10 heteroatoms. The van der Waals surface area contributed by atoms with Crippen LogP contribution in [0.2, 0.25) is 0 Å². The Morgan fingerprint density at radius 3 is 2.67 bits per heavy atom. The number of methoxy groups -OCH3 is 1. The molecule has 1 aliphatic rings. The molecular weight excluding hydrogens is 537 g/mol. The van der Waals surface area contributed by atoms with Gasteiger partial charge < -0.3 is 20.3 Å². The fraction of sp³-hybridized carbons (Fsp3) is 0.308. The van der Waals surface area contributed by atoms with E-state index in [1.807, 2.05) is 12.1 Å². The van der Waals surface area contributed by atoms with Gasteiger partial charge in [-0.15, -0.1) is 0 Å². The second-order valence-corrected chi connectivity index (χ2v) is 12.4. The van der Waals surface area contributed by atoms with Gasteiger partial charge in [0.1, 0.15) is 11.6 Å². The molecule has 0 fully saturated rings. The Labute approximate surface area is 220 Å². The summed E-state index contributed by atoms with van der Waals surface area (Å²) in [5.74, 6) is 2.36. The van der Waals surface area contributed by atoms with Gasteiger partial charge in [-0.1, -0.05) is 14.8 Å². The van der Waals surface area contributed by atoms with Gasteiger partial charge in [-0.2, -0.15) is 4.98 Å². The maximum absolute atomic E-state index is 5.71. The number of likely N-dealkylation sites (N-methyl/N-ethyl adjacent to an activating group) is 1. The molecule has 0 saturated carbocycles. The van der Waals surface area contributed by atoms with E-state index >= 15 is 0 Å². The van der Waals surface area contributed by atoms with Gasteiger partial charge in [0, 0.05) is 42.7 Å². The lowest BCUT2D eigenvalue weighted by molar-refractivity contribution is 0.287. The number of nitrogens with one attached hydrogen (secondary N) is 2. The van der Waals surface area contributed by atoms with Crippen molar-refractivity contribution in [2.45, 2.75) is 19.4 Å². The first-order valence-electron chi connectivity index (χ1n) is 11.7. The van der Waals surface area contributed by atoms with Crippen LogP contribution in [0.15, 0.2) is 47.3 Å². The van der Waals surface area contributed by atoms with Crippen molar-refractivity contribution < 1.29 is 4.74 Å². The molecule has 0 spiro atoms. The highest BCUT2D eigenvalue weighted by molar-refractivity contribution is 9.10. The molecule has 0 saturated heterocycles.